The van der Waals surface area contributed by atoms with Crippen molar-refractivity contribution in [1.29, 1.82) is 0 Å². The highest BCUT2D eigenvalue weighted by molar-refractivity contribution is 5.83. The number of rotatable bonds is 3. The lowest BCUT2D eigenvalue weighted by Crippen LogP contribution is -2.30. The summed E-state index contributed by atoms with van der Waals surface area (Å²) in [5.74, 6) is 0.413. The van der Waals surface area contributed by atoms with Crippen LogP contribution in [-0.2, 0) is 14.3 Å². The van der Waals surface area contributed by atoms with Crippen LogP contribution in [0.3, 0.4) is 0 Å². The quantitative estimate of drug-likeness (QED) is 0.645. The number of nitrogens with zero attached hydrogens (tertiary/aromatic N) is 1. The third-order valence-electron chi connectivity index (χ3n) is 2.01. The summed E-state index contributed by atoms with van der Waals surface area (Å²) in [5, 5.41) is 0. The van der Waals surface area contributed by atoms with E-state index in [-0.39, 0.29) is 17.4 Å². The summed E-state index contributed by atoms with van der Waals surface area (Å²) in [4.78, 5) is 15.0. The van der Waals surface area contributed by atoms with Gasteiger partial charge in [-0.25, -0.2) is 4.99 Å². The van der Waals surface area contributed by atoms with Gasteiger partial charge in [-0.05, 0) is 20.8 Å². The molecule has 0 bridgehead atoms. The van der Waals surface area contributed by atoms with Crippen molar-refractivity contribution in [2.45, 2.75) is 33.7 Å². The molecule has 0 saturated carbocycles. The van der Waals surface area contributed by atoms with E-state index in [0.29, 0.717) is 19.1 Å². The molecule has 0 unspecified atom stereocenters. The number of carbonyl (C=O) groups is 1. The Hall–Kier alpha value is -1.06. The Morgan fingerprint density at radius 1 is 1.71 bits per heavy atom. The minimum absolute atomic E-state index is 0.210. The molecular formula is C10H17NO3. The van der Waals surface area contributed by atoms with Gasteiger partial charge in [-0.3, -0.25) is 4.79 Å². The first-order chi connectivity index (χ1) is 6.42. The molecular weight excluding hydrogens is 182 g/mol. The molecule has 0 aromatic carbocycles. The molecule has 0 fully saturated rings. The highest BCUT2D eigenvalue weighted by Crippen LogP contribution is 2.23. The first-order valence-electron chi connectivity index (χ1n) is 4.76. The minimum Gasteiger partial charge on any atom is -0.478 e. The van der Waals surface area contributed by atoms with Crippen molar-refractivity contribution < 1.29 is 14.3 Å². The number of hydrogen-bond acceptors (Lipinski definition) is 4. The third-order valence-corrected chi connectivity index (χ3v) is 2.01. The Kier molecular flexibility index (Phi) is 3.13. The number of esters is 1. The Balaban J connectivity index is 2.56. The third kappa shape index (κ3) is 2.72. The van der Waals surface area contributed by atoms with Crippen LogP contribution in [0.4, 0.5) is 0 Å². The van der Waals surface area contributed by atoms with E-state index in [4.69, 9.17) is 9.47 Å². The highest BCUT2D eigenvalue weighted by atomic mass is 16.5. The van der Waals surface area contributed by atoms with E-state index >= 15 is 0 Å². The van der Waals surface area contributed by atoms with Gasteiger partial charge < -0.3 is 9.47 Å². The van der Waals surface area contributed by atoms with E-state index in [1.165, 1.54) is 6.92 Å². The highest BCUT2D eigenvalue weighted by Gasteiger charge is 2.32. The van der Waals surface area contributed by atoms with Gasteiger partial charge in [0.1, 0.15) is 13.2 Å². The normalized spacial score (nSPS) is 21.4. The molecule has 1 rings (SSSR count). The van der Waals surface area contributed by atoms with Gasteiger partial charge in [0, 0.05) is 6.92 Å². The standard InChI is InChI=1S/C10H17NO3/c1-7-5-13-9(11-7)10(3,4)6-14-8(2)12/h7H,5-6H2,1-4H3/t7-/m0/s1. The van der Waals surface area contributed by atoms with Crippen LogP contribution in [0.25, 0.3) is 0 Å². The number of ether oxygens (including phenoxy) is 2. The number of hydrogen-bond donors (Lipinski definition) is 0. The Morgan fingerprint density at radius 3 is 2.79 bits per heavy atom. The summed E-state index contributed by atoms with van der Waals surface area (Å²) < 4.78 is 10.4. The molecule has 1 aliphatic heterocycles. The van der Waals surface area contributed by atoms with Crippen molar-refractivity contribution in [3.63, 3.8) is 0 Å². The van der Waals surface area contributed by atoms with E-state index in [9.17, 15) is 4.79 Å². The van der Waals surface area contributed by atoms with E-state index in [0.717, 1.165) is 0 Å². The molecule has 1 heterocycles. The molecule has 0 aliphatic carbocycles. The summed E-state index contributed by atoms with van der Waals surface area (Å²) in [6.07, 6.45) is 0. The van der Waals surface area contributed by atoms with Crippen LogP contribution in [0.2, 0.25) is 0 Å². The Morgan fingerprint density at radius 2 is 2.36 bits per heavy atom. The molecule has 14 heavy (non-hydrogen) atoms. The maximum atomic E-state index is 10.7. The molecule has 4 heteroatoms. The van der Waals surface area contributed by atoms with Crippen LogP contribution < -0.4 is 0 Å². The van der Waals surface area contributed by atoms with Gasteiger partial charge in [0.05, 0.1) is 11.5 Å². The summed E-state index contributed by atoms with van der Waals surface area (Å²) in [7, 11) is 0. The molecule has 0 aromatic rings. The fraction of sp³-hybridized carbons (Fsp3) is 0.800. The predicted molar refractivity (Wildman–Crippen MR) is 53.3 cm³/mol. The summed E-state index contributed by atoms with van der Waals surface area (Å²) >= 11 is 0. The van der Waals surface area contributed by atoms with Crippen molar-refractivity contribution in [2.24, 2.45) is 10.4 Å². The second kappa shape index (κ2) is 3.98. The van der Waals surface area contributed by atoms with Gasteiger partial charge in [0.2, 0.25) is 0 Å². The molecule has 0 amide bonds. The Bertz CT molecular complexity index is 258. The molecule has 0 radical (unpaired) electrons. The van der Waals surface area contributed by atoms with Crippen LogP contribution in [0.5, 0.6) is 0 Å². The molecule has 0 aromatic heterocycles. The summed E-state index contributed by atoms with van der Waals surface area (Å²) in [5.41, 5.74) is -0.323. The van der Waals surface area contributed by atoms with Crippen molar-refractivity contribution in [1.82, 2.24) is 0 Å². The van der Waals surface area contributed by atoms with Gasteiger partial charge in [-0.2, -0.15) is 0 Å². The zero-order valence-electron chi connectivity index (χ0n) is 9.16. The molecule has 80 valence electrons. The summed E-state index contributed by atoms with van der Waals surface area (Å²) in [6.45, 7) is 8.23. The number of aliphatic imine (C=N–C) groups is 1. The smallest absolute Gasteiger partial charge is 0.302 e. The minimum atomic E-state index is -0.323. The first kappa shape index (κ1) is 11.0. The summed E-state index contributed by atoms with van der Waals surface area (Å²) in [6, 6.07) is 0.210. The molecule has 0 N–H and O–H groups in total. The fourth-order valence-electron chi connectivity index (χ4n) is 1.19. The zero-order valence-corrected chi connectivity index (χ0v) is 9.16. The maximum Gasteiger partial charge on any atom is 0.302 e. The average Bonchev–Trinajstić information content (AvgIpc) is 2.49. The molecule has 0 spiro atoms. The molecule has 1 atom stereocenters. The lowest BCUT2D eigenvalue weighted by molar-refractivity contribution is -0.142. The Labute approximate surface area is 84.3 Å². The number of carbonyl (C=O) groups excluding carboxylic acids is 1. The zero-order chi connectivity index (χ0) is 10.8. The van der Waals surface area contributed by atoms with Crippen LogP contribution in [0.1, 0.15) is 27.7 Å². The van der Waals surface area contributed by atoms with Crippen molar-refractivity contribution in [3.8, 4) is 0 Å². The van der Waals surface area contributed by atoms with Crippen LogP contribution >= 0.6 is 0 Å². The lowest BCUT2D eigenvalue weighted by atomic mass is 9.94. The van der Waals surface area contributed by atoms with Crippen molar-refractivity contribution >= 4 is 11.9 Å². The average molecular weight is 199 g/mol. The fourth-order valence-corrected chi connectivity index (χ4v) is 1.19. The van der Waals surface area contributed by atoms with Gasteiger partial charge in [-0.15, -0.1) is 0 Å². The second-order valence-corrected chi connectivity index (χ2v) is 4.26. The second-order valence-electron chi connectivity index (χ2n) is 4.26. The van der Waals surface area contributed by atoms with Gasteiger partial charge in [0.15, 0.2) is 5.90 Å². The van der Waals surface area contributed by atoms with Crippen molar-refractivity contribution in [3.05, 3.63) is 0 Å². The predicted octanol–water partition coefficient (Wildman–Crippen LogP) is 1.39. The lowest BCUT2D eigenvalue weighted by Gasteiger charge is -2.22. The first-order valence-corrected chi connectivity index (χ1v) is 4.76. The van der Waals surface area contributed by atoms with Crippen molar-refractivity contribution in [2.75, 3.05) is 13.2 Å². The molecule has 1 aliphatic rings. The SMILES string of the molecule is CC(=O)OCC(C)(C)C1=N[C@@H](C)CO1. The maximum absolute atomic E-state index is 10.7. The van der Waals surface area contributed by atoms with E-state index in [1.807, 2.05) is 20.8 Å². The largest absolute Gasteiger partial charge is 0.478 e. The van der Waals surface area contributed by atoms with Crippen LogP contribution in [0, 0.1) is 5.41 Å². The molecule has 0 saturated heterocycles. The van der Waals surface area contributed by atoms with Gasteiger partial charge >= 0.3 is 5.97 Å². The molecule has 4 nitrogen and oxygen atoms in total. The topological polar surface area (TPSA) is 47.9 Å². The monoisotopic (exact) mass is 199 g/mol. The van der Waals surface area contributed by atoms with Gasteiger partial charge in [-0.1, -0.05) is 0 Å². The van der Waals surface area contributed by atoms with E-state index < -0.39 is 0 Å². The van der Waals surface area contributed by atoms with Gasteiger partial charge in [0.25, 0.3) is 0 Å². The van der Waals surface area contributed by atoms with E-state index in [2.05, 4.69) is 4.99 Å². The van der Waals surface area contributed by atoms with E-state index in [1.54, 1.807) is 0 Å². The van der Waals surface area contributed by atoms with Crippen LogP contribution in [0.15, 0.2) is 4.99 Å². The van der Waals surface area contributed by atoms with Crippen LogP contribution in [-0.4, -0.2) is 31.1 Å².